The molecule has 4 aliphatic rings. The average molecular weight is 501 g/mol. The van der Waals surface area contributed by atoms with E-state index >= 15 is 0 Å². The molecule has 1 aromatic carbocycles. The topological polar surface area (TPSA) is 75.3 Å². The maximum Gasteiger partial charge on any atom is 0.164 e. The molecule has 2 aromatic rings. The molecule has 2 N–H and O–H groups in total. The van der Waals surface area contributed by atoms with E-state index in [4.69, 9.17) is 5.10 Å². The number of aliphatic hydroxyl groups is 2. The van der Waals surface area contributed by atoms with E-state index in [2.05, 4.69) is 70.2 Å². The van der Waals surface area contributed by atoms with Crippen LogP contribution in [0.2, 0.25) is 0 Å². The molecule has 0 spiro atoms. The number of hydrogen-bond donors (Lipinski definition) is 2. The molecule has 0 amide bonds. The van der Waals surface area contributed by atoms with Crippen LogP contribution in [0.15, 0.2) is 48.2 Å². The van der Waals surface area contributed by atoms with Gasteiger partial charge >= 0.3 is 0 Å². The summed E-state index contributed by atoms with van der Waals surface area (Å²) in [4.78, 5) is 13.2. The Bertz CT molecular complexity index is 1340. The van der Waals surface area contributed by atoms with Crippen LogP contribution in [0.4, 0.5) is 0 Å². The fourth-order valence-electron chi connectivity index (χ4n) is 9.00. The van der Waals surface area contributed by atoms with E-state index in [1.54, 1.807) is 0 Å². The normalized spacial score (nSPS) is 41.9. The van der Waals surface area contributed by atoms with Gasteiger partial charge in [0.05, 0.1) is 23.7 Å². The predicted molar refractivity (Wildman–Crippen MR) is 145 cm³/mol. The minimum absolute atomic E-state index is 0.0678. The maximum atomic E-state index is 13.2. The summed E-state index contributed by atoms with van der Waals surface area (Å²) < 4.78 is 2.02. The molecule has 0 bridgehead atoms. The zero-order chi connectivity index (χ0) is 26.5. The van der Waals surface area contributed by atoms with Crippen molar-refractivity contribution >= 4 is 11.9 Å². The molecule has 5 unspecified atom stereocenters. The molecule has 8 atom stereocenters. The SMILES string of the molecule is CCC(=O)[C@@]1(O)[C@H](C)CC2C3C=CC4=Cc5c(cnn5-c5ccc(C)cc5)CC4(C)[C@@]3(C)C(O)CC21C. The van der Waals surface area contributed by atoms with E-state index in [9.17, 15) is 15.0 Å². The lowest BCUT2D eigenvalue weighted by Crippen LogP contribution is -2.66. The standard InChI is InChI=1S/C32H40N2O3/c1-7-27(35)32(37)20(3)14-25-24-13-10-22-15-26-21(18-33-34(26)23-11-8-19(2)9-12-23)16-29(22,4)31(24,6)28(36)17-30(25,32)5/h8-13,15,18,20,24-25,28,36-37H,7,14,16-17H2,1-6H3/t20-,24?,25?,28?,29?,30?,31-,32+/m1/s1. The molecule has 1 heterocycles. The number of allylic oxidation sites excluding steroid dienone is 3. The van der Waals surface area contributed by atoms with Gasteiger partial charge in [0, 0.05) is 22.7 Å². The van der Waals surface area contributed by atoms with Crippen molar-refractivity contribution in [1.82, 2.24) is 9.78 Å². The summed E-state index contributed by atoms with van der Waals surface area (Å²) in [5, 5.41) is 28.7. The van der Waals surface area contributed by atoms with Gasteiger partial charge in [-0.15, -0.1) is 0 Å². The molecule has 2 saturated carbocycles. The largest absolute Gasteiger partial charge is 0.392 e. The second-order valence-corrected chi connectivity index (χ2v) is 13.0. The van der Waals surface area contributed by atoms with Gasteiger partial charge in [-0.1, -0.05) is 64.5 Å². The Morgan fingerprint density at radius 2 is 1.89 bits per heavy atom. The van der Waals surface area contributed by atoms with Crippen molar-refractivity contribution in [3.63, 3.8) is 0 Å². The minimum Gasteiger partial charge on any atom is -0.392 e. The molecular weight excluding hydrogens is 460 g/mol. The Balaban J connectivity index is 1.46. The van der Waals surface area contributed by atoms with Gasteiger partial charge in [-0.25, -0.2) is 4.68 Å². The van der Waals surface area contributed by atoms with Crippen LogP contribution in [0.3, 0.4) is 0 Å². The molecule has 6 rings (SSSR count). The van der Waals surface area contributed by atoms with Crippen molar-refractivity contribution in [1.29, 1.82) is 0 Å². The van der Waals surface area contributed by atoms with Crippen molar-refractivity contribution < 1.29 is 15.0 Å². The molecule has 4 aliphatic carbocycles. The minimum atomic E-state index is -1.39. The van der Waals surface area contributed by atoms with E-state index in [-0.39, 0.29) is 29.0 Å². The molecule has 5 nitrogen and oxygen atoms in total. The molecule has 37 heavy (non-hydrogen) atoms. The summed E-state index contributed by atoms with van der Waals surface area (Å²) >= 11 is 0. The highest BCUT2D eigenvalue weighted by atomic mass is 16.3. The first kappa shape index (κ1) is 24.8. The van der Waals surface area contributed by atoms with Crippen molar-refractivity contribution in [2.45, 2.75) is 78.9 Å². The smallest absolute Gasteiger partial charge is 0.164 e. The predicted octanol–water partition coefficient (Wildman–Crippen LogP) is 5.46. The lowest BCUT2D eigenvalue weighted by molar-refractivity contribution is -0.199. The number of carbonyl (C=O) groups excluding carboxylic acids is 1. The Morgan fingerprint density at radius 3 is 2.57 bits per heavy atom. The Hall–Kier alpha value is -2.50. The van der Waals surface area contributed by atoms with Crippen molar-refractivity contribution in [3.8, 4) is 5.69 Å². The van der Waals surface area contributed by atoms with Gasteiger partial charge in [-0.3, -0.25) is 4.79 Å². The van der Waals surface area contributed by atoms with Crippen LogP contribution in [0.1, 0.15) is 70.7 Å². The van der Waals surface area contributed by atoms with Crippen LogP contribution in [-0.2, 0) is 11.2 Å². The van der Waals surface area contributed by atoms with Crippen LogP contribution in [0.5, 0.6) is 0 Å². The van der Waals surface area contributed by atoms with Crippen LogP contribution < -0.4 is 0 Å². The van der Waals surface area contributed by atoms with Gasteiger partial charge in [0.2, 0.25) is 0 Å². The number of rotatable bonds is 3. The summed E-state index contributed by atoms with van der Waals surface area (Å²) in [7, 11) is 0. The summed E-state index contributed by atoms with van der Waals surface area (Å²) in [6.45, 7) is 12.6. The van der Waals surface area contributed by atoms with Gasteiger partial charge in [-0.2, -0.15) is 5.10 Å². The number of aryl methyl sites for hydroxylation is 1. The number of aliphatic hydroxyl groups excluding tert-OH is 1. The Kier molecular flexibility index (Phi) is 5.21. The first-order valence-corrected chi connectivity index (χ1v) is 13.9. The molecule has 0 radical (unpaired) electrons. The fraction of sp³-hybridized carbons (Fsp3) is 0.562. The van der Waals surface area contributed by atoms with Crippen LogP contribution in [0, 0.1) is 40.9 Å². The summed E-state index contributed by atoms with van der Waals surface area (Å²) in [6, 6.07) is 8.43. The summed E-state index contributed by atoms with van der Waals surface area (Å²) in [6.07, 6.45) is 10.5. The second-order valence-electron chi connectivity index (χ2n) is 13.0. The zero-order valence-corrected chi connectivity index (χ0v) is 23.0. The highest BCUT2D eigenvalue weighted by Crippen LogP contribution is 2.72. The Labute approximate surface area is 220 Å². The first-order valence-electron chi connectivity index (χ1n) is 13.9. The molecule has 1 aromatic heterocycles. The Morgan fingerprint density at radius 1 is 1.19 bits per heavy atom. The van der Waals surface area contributed by atoms with Crippen molar-refractivity contribution in [3.05, 3.63) is 65.0 Å². The van der Waals surface area contributed by atoms with Crippen LogP contribution in [-0.4, -0.2) is 37.5 Å². The molecule has 0 aliphatic heterocycles. The number of ketones is 1. The third-order valence-electron chi connectivity index (χ3n) is 11.5. The van der Waals surface area contributed by atoms with Crippen molar-refractivity contribution in [2.24, 2.45) is 34.0 Å². The van der Waals surface area contributed by atoms with E-state index in [0.717, 1.165) is 24.2 Å². The highest BCUT2D eigenvalue weighted by molar-refractivity contribution is 5.88. The van der Waals surface area contributed by atoms with E-state index < -0.39 is 22.5 Å². The molecular formula is C32H40N2O3. The maximum absolute atomic E-state index is 13.2. The van der Waals surface area contributed by atoms with Gasteiger partial charge in [-0.05, 0) is 73.3 Å². The average Bonchev–Trinajstić information content (AvgIpc) is 3.35. The van der Waals surface area contributed by atoms with E-state index in [1.807, 2.05) is 24.7 Å². The summed E-state index contributed by atoms with van der Waals surface area (Å²) in [5.74, 6) is -0.0208. The van der Waals surface area contributed by atoms with Crippen LogP contribution in [0.25, 0.3) is 11.8 Å². The first-order chi connectivity index (χ1) is 17.4. The number of hydrogen-bond acceptors (Lipinski definition) is 4. The lowest BCUT2D eigenvalue weighted by atomic mass is 9.40. The second kappa shape index (κ2) is 7.77. The lowest BCUT2D eigenvalue weighted by Gasteiger charge is -2.64. The molecule has 0 saturated heterocycles. The number of aromatic nitrogens is 2. The third kappa shape index (κ3) is 2.88. The van der Waals surface area contributed by atoms with Gasteiger partial charge < -0.3 is 10.2 Å². The quantitative estimate of drug-likeness (QED) is 0.587. The van der Waals surface area contributed by atoms with Gasteiger partial charge in [0.15, 0.2) is 5.78 Å². The summed E-state index contributed by atoms with van der Waals surface area (Å²) in [5.41, 5.74) is 3.02. The number of benzene rings is 1. The van der Waals surface area contributed by atoms with Crippen LogP contribution >= 0.6 is 0 Å². The molecule has 5 heteroatoms. The van der Waals surface area contributed by atoms with E-state index in [0.29, 0.717) is 12.8 Å². The number of fused-ring (bicyclic) bond motifs is 6. The number of carbonyl (C=O) groups is 1. The highest BCUT2D eigenvalue weighted by Gasteiger charge is 2.73. The van der Waals surface area contributed by atoms with Gasteiger partial charge in [0.25, 0.3) is 0 Å². The zero-order valence-electron chi connectivity index (χ0n) is 23.0. The third-order valence-corrected chi connectivity index (χ3v) is 11.5. The van der Waals surface area contributed by atoms with E-state index in [1.165, 1.54) is 16.7 Å². The molecule has 2 fully saturated rings. The monoisotopic (exact) mass is 500 g/mol. The van der Waals surface area contributed by atoms with Crippen molar-refractivity contribution in [2.75, 3.05) is 0 Å². The van der Waals surface area contributed by atoms with Gasteiger partial charge in [0.1, 0.15) is 5.60 Å². The number of Topliss-reactive ketones (excluding diaryl/α,β-unsaturated/α-hetero) is 1. The number of nitrogens with zero attached hydrogens (tertiary/aromatic N) is 2. The fourth-order valence-corrected chi connectivity index (χ4v) is 9.00. The molecule has 196 valence electrons.